The summed E-state index contributed by atoms with van der Waals surface area (Å²) in [6.07, 6.45) is 7.28. The van der Waals surface area contributed by atoms with Gasteiger partial charge in [-0.15, -0.1) is 0 Å². The maximum Gasteiger partial charge on any atom is 0.126 e. The Morgan fingerprint density at radius 1 is 1.25 bits per heavy atom. The molecule has 0 amide bonds. The highest BCUT2D eigenvalue weighted by Gasteiger charge is 2.03. The van der Waals surface area contributed by atoms with Gasteiger partial charge < -0.3 is 4.74 Å². The fourth-order valence-electron chi connectivity index (χ4n) is 1.37. The van der Waals surface area contributed by atoms with Gasteiger partial charge in [-0.2, -0.15) is 0 Å². The van der Waals surface area contributed by atoms with E-state index in [0.29, 0.717) is 6.61 Å². The minimum Gasteiger partial charge on any atom is -0.489 e. The van der Waals surface area contributed by atoms with Crippen molar-refractivity contribution in [1.82, 2.24) is 0 Å². The third-order valence-corrected chi connectivity index (χ3v) is 2.02. The van der Waals surface area contributed by atoms with E-state index in [4.69, 9.17) is 4.74 Å². The van der Waals surface area contributed by atoms with E-state index in [2.05, 4.69) is 39.0 Å². The Morgan fingerprint density at radius 3 is 2.56 bits per heavy atom. The van der Waals surface area contributed by atoms with Crippen LogP contribution in [0.2, 0.25) is 0 Å². The second kappa shape index (κ2) is 6.89. The molecule has 86 valence electrons. The van der Waals surface area contributed by atoms with Crippen LogP contribution in [0.4, 0.5) is 0 Å². The van der Waals surface area contributed by atoms with Crippen LogP contribution in [0.25, 0.3) is 5.76 Å². The molecule has 0 spiro atoms. The van der Waals surface area contributed by atoms with Crippen molar-refractivity contribution in [3.05, 3.63) is 53.6 Å². The predicted octanol–water partition coefficient (Wildman–Crippen LogP) is 4.34. The summed E-state index contributed by atoms with van der Waals surface area (Å²) in [6.45, 7) is 7.02. The van der Waals surface area contributed by atoms with Crippen LogP contribution in [0.15, 0.2) is 42.5 Å². The maximum absolute atomic E-state index is 5.49. The summed E-state index contributed by atoms with van der Waals surface area (Å²) in [4.78, 5) is 0. The van der Waals surface area contributed by atoms with Gasteiger partial charge in [0.1, 0.15) is 12.4 Å². The summed E-state index contributed by atoms with van der Waals surface area (Å²) in [5, 5.41) is 0. The van der Waals surface area contributed by atoms with E-state index in [9.17, 15) is 0 Å². The topological polar surface area (TPSA) is 9.23 Å². The first-order valence-corrected chi connectivity index (χ1v) is 5.84. The molecule has 0 aliphatic carbocycles. The molecule has 0 atom stereocenters. The second-order valence-corrected chi connectivity index (χ2v) is 3.85. The zero-order chi connectivity index (χ0) is 11.8. The molecular formula is C15H20O. The summed E-state index contributed by atoms with van der Waals surface area (Å²) in [6, 6.07) is 8.33. The van der Waals surface area contributed by atoms with E-state index in [1.54, 1.807) is 0 Å². The quantitative estimate of drug-likeness (QED) is 0.678. The average molecular weight is 216 g/mol. The first-order chi connectivity index (χ1) is 7.77. The molecule has 1 aliphatic heterocycles. The van der Waals surface area contributed by atoms with E-state index in [1.807, 2.05) is 24.3 Å². The van der Waals surface area contributed by atoms with E-state index >= 15 is 0 Å². The van der Waals surface area contributed by atoms with Gasteiger partial charge in [-0.05, 0) is 25.1 Å². The van der Waals surface area contributed by atoms with E-state index in [1.165, 1.54) is 12.0 Å². The lowest BCUT2D eigenvalue weighted by Gasteiger charge is -2.11. The van der Waals surface area contributed by atoms with Crippen LogP contribution < -0.4 is 0 Å². The first kappa shape index (κ1) is 12.6. The normalized spacial score (nSPS) is 13.3. The SMILES string of the molecule is CCC.Cc1cccc(C2=CC=CCO2)c1. The van der Waals surface area contributed by atoms with Crippen molar-refractivity contribution in [3.63, 3.8) is 0 Å². The maximum atomic E-state index is 5.49. The first-order valence-electron chi connectivity index (χ1n) is 5.84. The predicted molar refractivity (Wildman–Crippen MR) is 70.2 cm³/mol. The van der Waals surface area contributed by atoms with E-state index < -0.39 is 0 Å². The number of hydrogen-bond donors (Lipinski definition) is 0. The molecule has 1 aromatic rings. The molecule has 1 heteroatoms. The zero-order valence-electron chi connectivity index (χ0n) is 10.4. The van der Waals surface area contributed by atoms with Crippen molar-refractivity contribution in [2.75, 3.05) is 6.61 Å². The Kier molecular flexibility index (Phi) is 5.41. The molecule has 0 saturated heterocycles. The number of allylic oxidation sites excluding steroid dienone is 2. The highest BCUT2D eigenvalue weighted by atomic mass is 16.5. The fourth-order valence-corrected chi connectivity index (χ4v) is 1.37. The molecule has 0 aromatic heterocycles. The van der Waals surface area contributed by atoms with Crippen molar-refractivity contribution < 1.29 is 4.74 Å². The largest absolute Gasteiger partial charge is 0.489 e. The van der Waals surface area contributed by atoms with Crippen LogP contribution in [-0.2, 0) is 4.74 Å². The van der Waals surface area contributed by atoms with Crippen LogP contribution in [0.1, 0.15) is 31.4 Å². The summed E-state index contributed by atoms with van der Waals surface area (Å²) >= 11 is 0. The summed E-state index contributed by atoms with van der Waals surface area (Å²) in [7, 11) is 0. The second-order valence-electron chi connectivity index (χ2n) is 3.85. The van der Waals surface area contributed by atoms with Gasteiger partial charge in [-0.25, -0.2) is 0 Å². The van der Waals surface area contributed by atoms with Gasteiger partial charge in [0, 0.05) is 5.56 Å². The fraction of sp³-hybridized carbons (Fsp3) is 0.333. The lowest BCUT2D eigenvalue weighted by molar-refractivity contribution is 0.316. The van der Waals surface area contributed by atoms with Crippen LogP contribution in [0.5, 0.6) is 0 Å². The van der Waals surface area contributed by atoms with Crippen molar-refractivity contribution in [2.24, 2.45) is 0 Å². The summed E-state index contributed by atoms with van der Waals surface area (Å²) < 4.78 is 5.49. The zero-order valence-corrected chi connectivity index (χ0v) is 10.4. The smallest absolute Gasteiger partial charge is 0.126 e. The van der Waals surface area contributed by atoms with Gasteiger partial charge in [0.15, 0.2) is 0 Å². The number of benzene rings is 1. The molecule has 0 radical (unpaired) electrons. The lowest BCUT2D eigenvalue weighted by atomic mass is 10.1. The van der Waals surface area contributed by atoms with Crippen molar-refractivity contribution >= 4 is 5.76 Å². The summed E-state index contributed by atoms with van der Waals surface area (Å²) in [5.41, 5.74) is 2.42. The molecule has 0 N–H and O–H groups in total. The Morgan fingerprint density at radius 2 is 2.00 bits per heavy atom. The van der Waals surface area contributed by atoms with Gasteiger partial charge >= 0.3 is 0 Å². The molecule has 1 aromatic carbocycles. The Hall–Kier alpha value is -1.50. The molecule has 0 unspecified atom stereocenters. The minimum atomic E-state index is 0.680. The Balaban J connectivity index is 0.000000386. The number of rotatable bonds is 1. The standard InChI is InChI=1S/C12H12O.C3H8/c1-10-5-4-6-11(9-10)12-7-2-3-8-13-12;1-3-2/h2-7,9H,8H2,1H3;3H2,1-2H3. The Labute approximate surface area is 98.5 Å². The van der Waals surface area contributed by atoms with Crippen molar-refractivity contribution in [2.45, 2.75) is 27.2 Å². The average Bonchev–Trinajstić information content (AvgIpc) is 2.31. The van der Waals surface area contributed by atoms with E-state index in [0.717, 1.165) is 11.3 Å². The van der Waals surface area contributed by atoms with Gasteiger partial charge in [0.05, 0.1) is 0 Å². The monoisotopic (exact) mass is 216 g/mol. The van der Waals surface area contributed by atoms with Crippen LogP contribution in [0.3, 0.4) is 0 Å². The highest BCUT2D eigenvalue weighted by Crippen LogP contribution is 2.19. The van der Waals surface area contributed by atoms with Gasteiger partial charge in [0.25, 0.3) is 0 Å². The van der Waals surface area contributed by atoms with Crippen molar-refractivity contribution in [1.29, 1.82) is 0 Å². The van der Waals surface area contributed by atoms with Gasteiger partial charge in [0.2, 0.25) is 0 Å². The molecule has 2 rings (SSSR count). The molecule has 1 heterocycles. The van der Waals surface area contributed by atoms with Crippen LogP contribution >= 0.6 is 0 Å². The molecule has 0 fully saturated rings. The number of hydrogen-bond acceptors (Lipinski definition) is 1. The summed E-state index contributed by atoms with van der Waals surface area (Å²) in [5.74, 6) is 0.964. The molecule has 1 nitrogen and oxygen atoms in total. The van der Waals surface area contributed by atoms with Crippen molar-refractivity contribution in [3.8, 4) is 0 Å². The lowest BCUT2D eigenvalue weighted by Crippen LogP contribution is -1.95. The van der Waals surface area contributed by atoms with Crippen LogP contribution in [0, 0.1) is 6.92 Å². The number of ether oxygens (including phenoxy) is 1. The minimum absolute atomic E-state index is 0.680. The molecular weight excluding hydrogens is 196 g/mol. The molecule has 0 bridgehead atoms. The van der Waals surface area contributed by atoms with E-state index in [-0.39, 0.29) is 0 Å². The molecule has 0 saturated carbocycles. The highest BCUT2D eigenvalue weighted by molar-refractivity contribution is 5.62. The Bertz CT molecular complexity index is 375. The molecule has 1 aliphatic rings. The third-order valence-electron chi connectivity index (χ3n) is 2.02. The number of aryl methyl sites for hydroxylation is 1. The van der Waals surface area contributed by atoms with Gasteiger partial charge in [-0.1, -0.05) is 50.1 Å². The van der Waals surface area contributed by atoms with Gasteiger partial charge in [-0.3, -0.25) is 0 Å². The third kappa shape index (κ3) is 3.93. The van der Waals surface area contributed by atoms with Crippen LogP contribution in [-0.4, -0.2) is 6.61 Å². The molecule has 16 heavy (non-hydrogen) atoms.